The van der Waals surface area contributed by atoms with Gasteiger partial charge in [0.1, 0.15) is 0 Å². The summed E-state index contributed by atoms with van der Waals surface area (Å²) >= 11 is 0. The van der Waals surface area contributed by atoms with E-state index < -0.39 is 0 Å². The van der Waals surface area contributed by atoms with Crippen LogP contribution in [0, 0.1) is 40.4 Å². The van der Waals surface area contributed by atoms with Crippen LogP contribution >= 0.6 is 0 Å². The van der Waals surface area contributed by atoms with Crippen LogP contribution in [0.2, 0.25) is 0 Å². The number of allylic oxidation sites excluding steroid dienone is 6. The van der Waals surface area contributed by atoms with E-state index in [9.17, 15) is 0 Å². The molecule has 0 nitrogen and oxygen atoms in total. The molecule has 4 rings (SSSR count). The van der Waals surface area contributed by atoms with Crippen LogP contribution in [0.1, 0.15) is 99.3 Å². The van der Waals surface area contributed by atoms with Gasteiger partial charge in [0, 0.05) is 0 Å². The molecule has 0 aromatic carbocycles. The first-order valence-corrected chi connectivity index (χ1v) is 12.3. The quantitative estimate of drug-likeness (QED) is 0.429. The molecular weight excluding hydrogens is 336 g/mol. The first-order chi connectivity index (χ1) is 13.3. The van der Waals surface area contributed by atoms with Crippen LogP contribution in [-0.2, 0) is 0 Å². The molecule has 0 aromatic heterocycles. The Balaban J connectivity index is 1.59. The Morgan fingerprint density at radius 2 is 1.96 bits per heavy atom. The van der Waals surface area contributed by atoms with Crippen molar-refractivity contribution < 1.29 is 0 Å². The van der Waals surface area contributed by atoms with Crippen LogP contribution in [0.25, 0.3) is 0 Å². The molecular formula is C28H44. The van der Waals surface area contributed by atoms with E-state index in [-0.39, 0.29) is 0 Å². The third-order valence-electron chi connectivity index (χ3n) is 9.83. The molecule has 0 spiro atoms. The third kappa shape index (κ3) is 3.18. The highest BCUT2D eigenvalue weighted by molar-refractivity contribution is 5.35. The average Bonchev–Trinajstić information content (AvgIpc) is 2.98. The summed E-state index contributed by atoms with van der Waals surface area (Å²) in [4.78, 5) is 0. The van der Waals surface area contributed by atoms with Gasteiger partial charge in [0.2, 0.25) is 0 Å². The van der Waals surface area contributed by atoms with Gasteiger partial charge < -0.3 is 0 Å². The van der Waals surface area contributed by atoms with Crippen LogP contribution in [0.15, 0.2) is 34.9 Å². The standard InChI is InChI=1S/C28H44/c1-19(2)9-7-10-20(3)24-14-15-25-22-12-13-23-21(4)11-8-17-27(23,5)26(22)16-18-28(24,25)6/h8-9,11,20-21,23-24,26H,7,10,12-18H2,1-6H3/t20-,21-,23?,24-,26+,27+,28-/m1/s1. The zero-order valence-corrected chi connectivity index (χ0v) is 19.5. The smallest absolute Gasteiger partial charge is 0.00825 e. The van der Waals surface area contributed by atoms with Crippen LogP contribution in [0.5, 0.6) is 0 Å². The topological polar surface area (TPSA) is 0 Å². The Bertz CT molecular complexity index is 687. The van der Waals surface area contributed by atoms with E-state index in [1.165, 1.54) is 63.4 Å². The minimum Gasteiger partial charge on any atom is -0.0877 e. The van der Waals surface area contributed by atoms with Crippen molar-refractivity contribution in [3.8, 4) is 0 Å². The lowest BCUT2D eigenvalue weighted by molar-refractivity contribution is 0.0211. The first-order valence-electron chi connectivity index (χ1n) is 12.3. The highest BCUT2D eigenvalue weighted by atomic mass is 14.6. The Kier molecular flexibility index (Phi) is 5.47. The second-order valence-corrected chi connectivity index (χ2v) is 11.6. The van der Waals surface area contributed by atoms with Gasteiger partial charge in [-0.1, -0.05) is 62.6 Å². The molecule has 156 valence electrons. The highest BCUT2D eigenvalue weighted by Gasteiger charge is 2.55. The maximum absolute atomic E-state index is 2.67. The maximum atomic E-state index is 2.67. The molecule has 0 bridgehead atoms. The number of fused-ring (bicyclic) bond motifs is 4. The molecule has 1 unspecified atom stereocenters. The second kappa shape index (κ2) is 7.48. The molecule has 2 fully saturated rings. The normalized spacial score (nSPS) is 43.2. The minimum atomic E-state index is 0.509. The summed E-state index contributed by atoms with van der Waals surface area (Å²) in [5.41, 5.74) is 6.42. The monoisotopic (exact) mass is 380 g/mol. The SMILES string of the molecule is CC(C)=CCC[C@@H](C)[C@H]1CCC2=C3CCC4[C@H](C)C=CC[C@]4(C)[C@H]3CC[C@@]21C. The van der Waals surface area contributed by atoms with Gasteiger partial charge in [-0.2, -0.15) is 0 Å². The van der Waals surface area contributed by atoms with Crippen molar-refractivity contribution in [1.29, 1.82) is 0 Å². The number of rotatable bonds is 4. The predicted molar refractivity (Wildman–Crippen MR) is 122 cm³/mol. The van der Waals surface area contributed by atoms with E-state index in [0.29, 0.717) is 10.8 Å². The number of hydrogen-bond acceptors (Lipinski definition) is 0. The Hall–Kier alpha value is -0.780. The van der Waals surface area contributed by atoms with E-state index in [1.807, 2.05) is 11.1 Å². The summed E-state index contributed by atoms with van der Waals surface area (Å²) in [6, 6.07) is 0. The van der Waals surface area contributed by atoms with Crippen LogP contribution < -0.4 is 0 Å². The largest absolute Gasteiger partial charge is 0.0877 e. The van der Waals surface area contributed by atoms with E-state index in [0.717, 1.165) is 29.6 Å². The van der Waals surface area contributed by atoms with Gasteiger partial charge in [-0.05, 0) is 112 Å². The van der Waals surface area contributed by atoms with Crippen LogP contribution in [0.4, 0.5) is 0 Å². The summed E-state index contributed by atoms with van der Waals surface area (Å²) in [6.45, 7) is 14.8. The van der Waals surface area contributed by atoms with Crippen molar-refractivity contribution in [2.75, 3.05) is 0 Å². The first kappa shape index (κ1) is 20.5. The van der Waals surface area contributed by atoms with Crippen LogP contribution in [0.3, 0.4) is 0 Å². The van der Waals surface area contributed by atoms with Gasteiger partial charge in [-0.3, -0.25) is 0 Å². The fourth-order valence-electron chi connectivity index (χ4n) is 8.35. The fourth-order valence-corrected chi connectivity index (χ4v) is 8.35. The zero-order chi connectivity index (χ0) is 20.1. The van der Waals surface area contributed by atoms with Crippen molar-refractivity contribution in [3.05, 3.63) is 34.9 Å². The lowest BCUT2D eigenvalue weighted by Crippen LogP contribution is -2.47. The van der Waals surface area contributed by atoms with Gasteiger partial charge in [0.15, 0.2) is 0 Å². The molecule has 0 aliphatic heterocycles. The highest BCUT2D eigenvalue weighted by Crippen LogP contribution is 2.65. The minimum absolute atomic E-state index is 0.509. The van der Waals surface area contributed by atoms with Crippen molar-refractivity contribution >= 4 is 0 Å². The summed E-state index contributed by atoms with van der Waals surface area (Å²) in [7, 11) is 0. The number of hydrogen-bond donors (Lipinski definition) is 0. The lowest BCUT2D eigenvalue weighted by atomic mass is 9.48. The molecule has 7 atom stereocenters. The molecule has 2 saturated carbocycles. The average molecular weight is 381 g/mol. The predicted octanol–water partition coefficient (Wildman–Crippen LogP) is 8.50. The van der Waals surface area contributed by atoms with Gasteiger partial charge in [-0.25, -0.2) is 0 Å². The Labute approximate surface area is 175 Å². The van der Waals surface area contributed by atoms with Crippen molar-refractivity contribution in [2.45, 2.75) is 99.3 Å². The Morgan fingerprint density at radius 1 is 1.18 bits per heavy atom. The molecule has 0 N–H and O–H groups in total. The molecule has 0 aromatic rings. The van der Waals surface area contributed by atoms with Gasteiger partial charge in [-0.15, -0.1) is 0 Å². The molecule has 0 radical (unpaired) electrons. The maximum Gasteiger partial charge on any atom is -0.00825 e. The van der Waals surface area contributed by atoms with Gasteiger partial charge in [0.25, 0.3) is 0 Å². The summed E-state index contributed by atoms with van der Waals surface area (Å²) in [5.74, 6) is 4.35. The van der Waals surface area contributed by atoms with Crippen molar-refractivity contribution in [3.63, 3.8) is 0 Å². The summed E-state index contributed by atoms with van der Waals surface area (Å²) in [6.07, 6.45) is 20.1. The molecule has 0 saturated heterocycles. The fraction of sp³-hybridized carbons (Fsp3) is 0.786. The van der Waals surface area contributed by atoms with Gasteiger partial charge >= 0.3 is 0 Å². The molecule has 0 heterocycles. The van der Waals surface area contributed by atoms with Crippen molar-refractivity contribution in [1.82, 2.24) is 0 Å². The van der Waals surface area contributed by atoms with E-state index >= 15 is 0 Å². The second-order valence-electron chi connectivity index (χ2n) is 11.6. The third-order valence-corrected chi connectivity index (χ3v) is 9.83. The van der Waals surface area contributed by atoms with E-state index in [4.69, 9.17) is 0 Å². The Morgan fingerprint density at radius 3 is 2.71 bits per heavy atom. The summed E-state index contributed by atoms with van der Waals surface area (Å²) in [5, 5.41) is 0. The summed E-state index contributed by atoms with van der Waals surface area (Å²) < 4.78 is 0. The van der Waals surface area contributed by atoms with Crippen molar-refractivity contribution in [2.24, 2.45) is 40.4 Å². The zero-order valence-electron chi connectivity index (χ0n) is 19.5. The van der Waals surface area contributed by atoms with E-state index in [2.05, 4.69) is 59.8 Å². The molecule has 0 amide bonds. The molecule has 0 heteroatoms. The molecule has 28 heavy (non-hydrogen) atoms. The molecule has 4 aliphatic carbocycles. The lowest BCUT2D eigenvalue weighted by Gasteiger charge is -2.56. The van der Waals surface area contributed by atoms with Gasteiger partial charge in [0.05, 0.1) is 0 Å². The van der Waals surface area contributed by atoms with Crippen LogP contribution in [-0.4, -0.2) is 0 Å². The van der Waals surface area contributed by atoms with E-state index in [1.54, 1.807) is 0 Å². The molecule has 4 aliphatic rings.